The summed E-state index contributed by atoms with van der Waals surface area (Å²) in [5.41, 5.74) is 3.07. The number of alkyl halides is 3. The molecule has 4 rings (SSSR count). The molecule has 1 saturated heterocycles. The van der Waals surface area contributed by atoms with Crippen molar-refractivity contribution in [2.75, 3.05) is 26.4 Å². The first kappa shape index (κ1) is 31.0. The van der Waals surface area contributed by atoms with Crippen molar-refractivity contribution in [3.8, 4) is 0 Å². The maximum atomic E-state index is 13.9. The average Bonchev–Trinajstić information content (AvgIpc) is 2.92. The zero-order valence-corrected chi connectivity index (χ0v) is 24.7. The monoisotopic (exact) mass is 585 g/mol. The summed E-state index contributed by atoms with van der Waals surface area (Å²) in [7, 11) is -1.27. The molecule has 0 aliphatic carbocycles. The summed E-state index contributed by atoms with van der Waals surface area (Å²) >= 11 is 0. The number of rotatable bonds is 10. The number of carbonyl (C=O) groups is 1. The van der Waals surface area contributed by atoms with Gasteiger partial charge in [-0.05, 0) is 105 Å². The summed E-state index contributed by atoms with van der Waals surface area (Å²) in [6.45, 7) is 3.59. The first-order valence-corrected chi connectivity index (χ1v) is 16.0. The topological polar surface area (TPSA) is 54.5 Å². The van der Waals surface area contributed by atoms with Gasteiger partial charge < -0.3 is 4.90 Å². The number of aryl methyl sites for hydroxylation is 2. The largest absolute Gasteiger partial charge is 0.416 e. The molecule has 1 heterocycles. The van der Waals surface area contributed by atoms with Crippen LogP contribution in [0.4, 0.5) is 13.2 Å². The van der Waals surface area contributed by atoms with E-state index >= 15 is 0 Å². The van der Waals surface area contributed by atoms with Crippen LogP contribution in [0.5, 0.6) is 0 Å². The quantitative estimate of drug-likeness (QED) is 0.238. The van der Waals surface area contributed by atoms with E-state index in [-0.39, 0.29) is 24.2 Å². The van der Waals surface area contributed by atoms with Crippen LogP contribution in [-0.4, -0.2) is 45.5 Å². The highest BCUT2D eigenvalue weighted by Crippen LogP contribution is 2.34. The average molecular weight is 586 g/mol. The van der Waals surface area contributed by atoms with E-state index in [4.69, 9.17) is 0 Å². The van der Waals surface area contributed by atoms with Gasteiger partial charge in [0, 0.05) is 18.2 Å². The summed E-state index contributed by atoms with van der Waals surface area (Å²) in [5.74, 6) is 0.488. The van der Waals surface area contributed by atoms with Crippen LogP contribution < -0.4 is 0 Å². The number of piperidine rings is 1. The van der Waals surface area contributed by atoms with Crippen molar-refractivity contribution in [1.82, 2.24) is 4.90 Å². The first-order chi connectivity index (χ1) is 19.3. The number of nitrogens with zero attached hydrogens (tertiary/aromatic N) is 1. The lowest BCUT2D eigenvalue weighted by atomic mass is 9.89. The van der Waals surface area contributed by atoms with E-state index in [0.717, 1.165) is 54.9 Å². The van der Waals surface area contributed by atoms with Crippen molar-refractivity contribution < 1.29 is 26.4 Å². The smallest absolute Gasteiger partial charge is 0.306 e. The predicted octanol–water partition coefficient (Wildman–Crippen LogP) is 7.10. The van der Waals surface area contributed by atoms with Gasteiger partial charge in [0.25, 0.3) is 0 Å². The van der Waals surface area contributed by atoms with E-state index < -0.39 is 26.8 Å². The van der Waals surface area contributed by atoms with E-state index in [1.54, 1.807) is 37.3 Å². The molecule has 0 radical (unpaired) electrons. The van der Waals surface area contributed by atoms with E-state index in [0.29, 0.717) is 29.9 Å². The molecule has 1 fully saturated rings. The SMILES string of the molecule is CC(c1ccccc1CCc1cc(Cc2cccc(C(=O)CC3CCN(C)CC3)c2)ccc1C(F)(F)F)S(C)(=O)=O. The molecule has 0 bridgehead atoms. The van der Waals surface area contributed by atoms with Crippen molar-refractivity contribution in [3.05, 3.63) is 106 Å². The predicted molar refractivity (Wildman–Crippen MR) is 157 cm³/mol. The second-order valence-corrected chi connectivity index (χ2v) is 13.8. The van der Waals surface area contributed by atoms with Crippen molar-refractivity contribution in [1.29, 1.82) is 0 Å². The fourth-order valence-corrected chi connectivity index (χ4v) is 6.33. The van der Waals surface area contributed by atoms with Gasteiger partial charge in [0.1, 0.15) is 0 Å². The summed E-state index contributed by atoms with van der Waals surface area (Å²) in [4.78, 5) is 15.3. The number of hydrogen-bond donors (Lipinski definition) is 0. The van der Waals surface area contributed by atoms with Gasteiger partial charge >= 0.3 is 6.18 Å². The number of hydrogen-bond acceptors (Lipinski definition) is 4. The molecule has 3 aromatic rings. The third-order valence-electron chi connectivity index (χ3n) is 8.24. The van der Waals surface area contributed by atoms with E-state index in [1.807, 2.05) is 24.3 Å². The fourth-order valence-electron chi connectivity index (χ4n) is 5.64. The lowest BCUT2D eigenvalue weighted by molar-refractivity contribution is -0.138. The normalized spacial score (nSPS) is 16.0. The fraction of sp³-hybridized carbons (Fsp3) is 0.424. The molecule has 1 unspecified atom stereocenters. The Bertz CT molecular complexity index is 1480. The standard InChI is InChI=1S/C33H38F3NO3S/c1-23(41(3,39)40)30-10-5-4-8-27(30)12-13-28-20-26(11-14-31(28)33(34,35)36)19-25-7-6-9-29(21-25)32(38)22-24-15-17-37(2)18-16-24/h4-11,14,20-21,23-24H,12-13,15-19,22H2,1-3H3. The van der Waals surface area contributed by atoms with Crippen molar-refractivity contribution in [2.24, 2.45) is 5.92 Å². The van der Waals surface area contributed by atoms with Crippen LogP contribution in [-0.2, 0) is 35.3 Å². The molecule has 4 nitrogen and oxygen atoms in total. The minimum atomic E-state index is -4.51. The Labute approximate surface area is 241 Å². The molecular formula is C33H38F3NO3S. The van der Waals surface area contributed by atoms with E-state index in [9.17, 15) is 26.4 Å². The van der Waals surface area contributed by atoms with Gasteiger partial charge in [-0.3, -0.25) is 4.79 Å². The molecule has 1 aliphatic heterocycles. The van der Waals surface area contributed by atoms with Gasteiger partial charge in [-0.15, -0.1) is 0 Å². The molecule has 0 saturated carbocycles. The number of halogens is 3. The third-order valence-corrected chi connectivity index (χ3v) is 9.78. The minimum Gasteiger partial charge on any atom is -0.306 e. The number of ketones is 1. The molecule has 1 atom stereocenters. The Morgan fingerprint density at radius 2 is 1.59 bits per heavy atom. The second-order valence-electron chi connectivity index (χ2n) is 11.4. The lowest BCUT2D eigenvalue weighted by Gasteiger charge is -2.28. The van der Waals surface area contributed by atoms with Gasteiger partial charge in [0.2, 0.25) is 0 Å². The van der Waals surface area contributed by atoms with Gasteiger partial charge in [0.15, 0.2) is 15.6 Å². The highest BCUT2D eigenvalue weighted by molar-refractivity contribution is 7.90. The van der Waals surface area contributed by atoms with Crippen LogP contribution in [0.3, 0.4) is 0 Å². The Morgan fingerprint density at radius 3 is 2.27 bits per heavy atom. The maximum absolute atomic E-state index is 13.9. The summed E-state index contributed by atoms with van der Waals surface area (Å²) in [5, 5.41) is -0.749. The zero-order chi connectivity index (χ0) is 29.8. The molecule has 220 valence electrons. The summed E-state index contributed by atoms with van der Waals surface area (Å²) < 4.78 is 66.1. The molecule has 0 spiro atoms. The van der Waals surface area contributed by atoms with Crippen molar-refractivity contribution in [3.63, 3.8) is 0 Å². The molecule has 0 amide bonds. The summed E-state index contributed by atoms with van der Waals surface area (Å²) in [6, 6.07) is 18.7. The molecule has 41 heavy (non-hydrogen) atoms. The number of benzene rings is 3. The Morgan fingerprint density at radius 1 is 0.927 bits per heavy atom. The van der Waals surface area contributed by atoms with Crippen molar-refractivity contribution in [2.45, 2.75) is 56.9 Å². The molecule has 3 aromatic carbocycles. The number of carbonyl (C=O) groups excluding carboxylic acids is 1. The van der Waals surface area contributed by atoms with E-state index in [1.165, 1.54) is 6.07 Å². The highest BCUT2D eigenvalue weighted by atomic mass is 32.2. The zero-order valence-electron chi connectivity index (χ0n) is 23.9. The molecule has 0 N–H and O–H groups in total. The number of sulfone groups is 1. The maximum Gasteiger partial charge on any atom is 0.416 e. The van der Waals surface area contributed by atoms with E-state index in [2.05, 4.69) is 11.9 Å². The van der Waals surface area contributed by atoms with Crippen molar-refractivity contribution >= 4 is 15.6 Å². The first-order valence-electron chi connectivity index (χ1n) is 14.1. The van der Waals surface area contributed by atoms with Crippen LogP contribution in [0.25, 0.3) is 0 Å². The number of likely N-dealkylation sites (tertiary alicyclic amines) is 1. The van der Waals surface area contributed by atoms with Gasteiger partial charge in [0.05, 0.1) is 10.8 Å². The van der Waals surface area contributed by atoms with Crippen LogP contribution in [0.2, 0.25) is 0 Å². The lowest BCUT2D eigenvalue weighted by Crippen LogP contribution is -2.31. The highest BCUT2D eigenvalue weighted by Gasteiger charge is 2.33. The Balaban J connectivity index is 1.53. The minimum absolute atomic E-state index is 0.108. The van der Waals surface area contributed by atoms with Crippen LogP contribution in [0, 0.1) is 5.92 Å². The summed E-state index contributed by atoms with van der Waals surface area (Å²) in [6.07, 6.45) is -0.00933. The second kappa shape index (κ2) is 12.9. The van der Waals surface area contributed by atoms with Crippen LogP contribution >= 0.6 is 0 Å². The third kappa shape index (κ3) is 8.29. The Hall–Kier alpha value is -2.97. The molecule has 8 heteroatoms. The van der Waals surface area contributed by atoms with Gasteiger partial charge in [-0.25, -0.2) is 8.42 Å². The molecule has 1 aliphatic rings. The molecular weight excluding hydrogens is 547 g/mol. The van der Waals surface area contributed by atoms with Crippen LogP contribution in [0.15, 0.2) is 66.7 Å². The van der Waals surface area contributed by atoms with Gasteiger partial charge in [-0.1, -0.05) is 54.6 Å². The van der Waals surface area contributed by atoms with Crippen LogP contribution in [0.1, 0.15) is 75.2 Å². The Kier molecular flexibility index (Phi) is 9.75. The molecule has 0 aromatic heterocycles. The van der Waals surface area contributed by atoms with Gasteiger partial charge in [-0.2, -0.15) is 13.2 Å². The number of Topliss-reactive ketones (excluding diaryl/α,β-unsaturated/α-hetero) is 1.